The normalized spacial score (nSPS) is 20.0. The van der Waals surface area contributed by atoms with Gasteiger partial charge in [-0.25, -0.2) is 0 Å². The molecule has 0 radical (unpaired) electrons. The molecule has 4 heteroatoms. The summed E-state index contributed by atoms with van der Waals surface area (Å²) in [6.07, 6.45) is 12.5. The van der Waals surface area contributed by atoms with E-state index in [1.54, 1.807) is 0 Å². The lowest BCUT2D eigenvalue weighted by Crippen LogP contribution is -2.34. The minimum absolute atomic E-state index is 0.275. The van der Waals surface area contributed by atoms with Gasteiger partial charge < -0.3 is 15.4 Å². The summed E-state index contributed by atoms with van der Waals surface area (Å²) in [7, 11) is 0. The molecular formula is C21H23N3O. The molecular weight excluding hydrogens is 310 g/mol. The van der Waals surface area contributed by atoms with Crippen LogP contribution < -0.4 is 15.4 Å². The zero-order valence-electron chi connectivity index (χ0n) is 14.3. The van der Waals surface area contributed by atoms with Gasteiger partial charge in [0.05, 0.1) is 6.07 Å². The minimum Gasteiger partial charge on any atom is -0.490 e. The smallest absolute Gasteiger partial charge is 0.125 e. The maximum atomic E-state index is 9.22. The Morgan fingerprint density at radius 2 is 2.08 bits per heavy atom. The quantitative estimate of drug-likeness (QED) is 0.889. The van der Waals surface area contributed by atoms with Gasteiger partial charge in [-0.1, -0.05) is 6.08 Å². The second-order valence-corrected chi connectivity index (χ2v) is 6.80. The number of nitrogens with one attached hydrogen (secondary N) is 2. The van der Waals surface area contributed by atoms with Crippen LogP contribution in [0.2, 0.25) is 0 Å². The van der Waals surface area contributed by atoms with Crippen LogP contribution in [0.1, 0.15) is 42.4 Å². The van der Waals surface area contributed by atoms with Crippen molar-refractivity contribution >= 4 is 11.6 Å². The van der Waals surface area contributed by atoms with Crippen LogP contribution in [0.5, 0.6) is 5.75 Å². The minimum atomic E-state index is 0.275. The standard InChI is InChI=1S/C21H23N3O/c22-13-15-2-1-3-16(10-15)18-11-17-4-7-24-14-20(17)21(12-18)25-19-5-8-23-9-6-19/h3-4,7,10-12,19,23-24H,1-2,5-6,8-9,14H2. The molecule has 2 N–H and O–H groups in total. The molecule has 0 amide bonds. The van der Waals surface area contributed by atoms with E-state index >= 15 is 0 Å². The molecule has 0 saturated carbocycles. The van der Waals surface area contributed by atoms with Crippen molar-refractivity contribution in [2.75, 3.05) is 13.1 Å². The molecule has 1 aromatic carbocycles. The monoisotopic (exact) mass is 333 g/mol. The number of nitrogens with zero attached hydrogens (tertiary/aromatic N) is 1. The average molecular weight is 333 g/mol. The Hall–Kier alpha value is -2.51. The maximum absolute atomic E-state index is 9.22. The van der Waals surface area contributed by atoms with Crippen molar-refractivity contribution in [2.45, 2.75) is 38.3 Å². The van der Waals surface area contributed by atoms with Crippen LogP contribution >= 0.6 is 0 Å². The van der Waals surface area contributed by atoms with E-state index in [1.165, 1.54) is 11.1 Å². The van der Waals surface area contributed by atoms with E-state index in [0.29, 0.717) is 0 Å². The zero-order chi connectivity index (χ0) is 17.1. The number of benzene rings is 1. The average Bonchev–Trinajstić information content (AvgIpc) is 2.69. The van der Waals surface area contributed by atoms with Gasteiger partial charge in [0.1, 0.15) is 11.9 Å². The molecule has 2 aliphatic heterocycles. The fourth-order valence-electron chi connectivity index (χ4n) is 3.67. The summed E-state index contributed by atoms with van der Waals surface area (Å²) in [4.78, 5) is 0. The fraction of sp³-hybridized carbons (Fsp3) is 0.381. The molecule has 1 fully saturated rings. The largest absolute Gasteiger partial charge is 0.490 e. The summed E-state index contributed by atoms with van der Waals surface area (Å²) < 4.78 is 6.41. The van der Waals surface area contributed by atoms with Crippen molar-refractivity contribution in [1.82, 2.24) is 10.6 Å². The van der Waals surface area contributed by atoms with Gasteiger partial charge in [-0.05, 0) is 86.0 Å². The number of fused-ring (bicyclic) bond motifs is 1. The van der Waals surface area contributed by atoms with Crippen molar-refractivity contribution in [3.63, 3.8) is 0 Å². The molecule has 128 valence electrons. The number of hydrogen-bond donors (Lipinski definition) is 2. The molecule has 2 heterocycles. The topological polar surface area (TPSA) is 57.1 Å². The molecule has 0 atom stereocenters. The summed E-state index contributed by atoms with van der Waals surface area (Å²) in [5, 5.41) is 15.9. The molecule has 25 heavy (non-hydrogen) atoms. The third-order valence-electron chi connectivity index (χ3n) is 5.07. The van der Waals surface area contributed by atoms with Crippen LogP contribution in [0, 0.1) is 11.3 Å². The SMILES string of the molecule is N#CC1=CC(c2cc3c(c(OC4CCNCC4)c2)CNC=C3)=CCC1. The first kappa shape index (κ1) is 16.0. The number of hydrogen-bond acceptors (Lipinski definition) is 4. The highest BCUT2D eigenvalue weighted by Gasteiger charge is 2.20. The van der Waals surface area contributed by atoms with Crippen molar-refractivity contribution < 1.29 is 4.74 Å². The number of allylic oxidation sites excluding steroid dienone is 4. The lowest BCUT2D eigenvalue weighted by atomic mass is 9.91. The summed E-state index contributed by atoms with van der Waals surface area (Å²) >= 11 is 0. The number of nitriles is 1. The molecule has 3 aliphatic rings. The predicted octanol–water partition coefficient (Wildman–Crippen LogP) is 3.52. The molecule has 1 aromatic rings. The Bertz CT molecular complexity index is 792. The lowest BCUT2D eigenvalue weighted by molar-refractivity contribution is 0.160. The van der Waals surface area contributed by atoms with Gasteiger partial charge in [-0.2, -0.15) is 5.26 Å². The van der Waals surface area contributed by atoms with Gasteiger partial charge in [0.25, 0.3) is 0 Å². The van der Waals surface area contributed by atoms with Crippen LogP contribution in [0.25, 0.3) is 11.6 Å². The van der Waals surface area contributed by atoms with Crippen molar-refractivity contribution in [2.24, 2.45) is 0 Å². The Labute approximate surface area is 148 Å². The molecule has 0 spiro atoms. The second-order valence-electron chi connectivity index (χ2n) is 6.80. The summed E-state index contributed by atoms with van der Waals surface area (Å²) in [6.45, 7) is 2.83. The molecule has 0 bridgehead atoms. The molecule has 0 aromatic heterocycles. The Morgan fingerprint density at radius 1 is 1.20 bits per heavy atom. The Balaban J connectivity index is 1.70. The van der Waals surface area contributed by atoms with Gasteiger partial charge in [0.15, 0.2) is 0 Å². The van der Waals surface area contributed by atoms with Crippen LogP contribution in [0.15, 0.2) is 36.1 Å². The molecule has 4 nitrogen and oxygen atoms in total. The molecule has 1 saturated heterocycles. The Morgan fingerprint density at radius 3 is 2.92 bits per heavy atom. The highest BCUT2D eigenvalue weighted by molar-refractivity contribution is 5.80. The van der Waals surface area contributed by atoms with Gasteiger partial charge in [-0.3, -0.25) is 0 Å². The summed E-state index contributed by atoms with van der Waals surface area (Å²) in [5.74, 6) is 0.981. The number of ether oxygens (including phenoxy) is 1. The highest BCUT2D eigenvalue weighted by atomic mass is 16.5. The molecule has 4 rings (SSSR count). The van der Waals surface area contributed by atoms with Crippen LogP contribution in [-0.2, 0) is 6.54 Å². The zero-order valence-corrected chi connectivity index (χ0v) is 14.3. The van der Waals surface area contributed by atoms with Crippen LogP contribution in [0.4, 0.5) is 0 Å². The first-order chi connectivity index (χ1) is 12.3. The van der Waals surface area contributed by atoms with Gasteiger partial charge >= 0.3 is 0 Å². The molecule has 0 unspecified atom stereocenters. The van der Waals surface area contributed by atoms with Crippen molar-refractivity contribution in [1.29, 1.82) is 5.26 Å². The third-order valence-corrected chi connectivity index (χ3v) is 5.07. The van der Waals surface area contributed by atoms with Gasteiger partial charge in [0.2, 0.25) is 0 Å². The van der Waals surface area contributed by atoms with E-state index in [0.717, 1.165) is 67.8 Å². The Kier molecular flexibility index (Phi) is 4.58. The summed E-state index contributed by atoms with van der Waals surface area (Å²) in [6, 6.07) is 6.67. The summed E-state index contributed by atoms with van der Waals surface area (Å²) in [5.41, 5.74) is 5.56. The van der Waals surface area contributed by atoms with Gasteiger partial charge in [0, 0.05) is 17.7 Å². The third kappa shape index (κ3) is 3.47. The van der Waals surface area contributed by atoms with Crippen LogP contribution in [0.3, 0.4) is 0 Å². The van der Waals surface area contributed by atoms with E-state index in [-0.39, 0.29) is 6.10 Å². The first-order valence-electron chi connectivity index (χ1n) is 9.09. The number of rotatable bonds is 3. The maximum Gasteiger partial charge on any atom is 0.125 e. The van der Waals surface area contributed by atoms with Crippen molar-refractivity contribution in [3.8, 4) is 11.8 Å². The lowest BCUT2D eigenvalue weighted by Gasteiger charge is -2.27. The first-order valence-corrected chi connectivity index (χ1v) is 9.09. The van der Waals surface area contributed by atoms with E-state index in [2.05, 4.69) is 41.0 Å². The van der Waals surface area contributed by atoms with Crippen molar-refractivity contribution in [3.05, 3.63) is 52.7 Å². The fourth-order valence-corrected chi connectivity index (χ4v) is 3.67. The highest BCUT2D eigenvalue weighted by Crippen LogP contribution is 2.34. The van der Waals surface area contributed by atoms with E-state index < -0.39 is 0 Å². The van der Waals surface area contributed by atoms with E-state index in [9.17, 15) is 5.26 Å². The van der Waals surface area contributed by atoms with Crippen LogP contribution in [-0.4, -0.2) is 19.2 Å². The second kappa shape index (κ2) is 7.16. The van der Waals surface area contributed by atoms with Gasteiger partial charge in [-0.15, -0.1) is 0 Å². The molecule has 1 aliphatic carbocycles. The van der Waals surface area contributed by atoms with E-state index in [4.69, 9.17) is 4.74 Å². The number of piperidine rings is 1. The van der Waals surface area contributed by atoms with E-state index in [1.807, 2.05) is 12.3 Å². The predicted molar refractivity (Wildman–Crippen MR) is 99.7 cm³/mol.